The van der Waals surface area contributed by atoms with Gasteiger partial charge in [-0.15, -0.1) is 0 Å². The monoisotopic (exact) mass is 229 g/mol. The van der Waals surface area contributed by atoms with E-state index in [0.717, 1.165) is 18.6 Å². The van der Waals surface area contributed by atoms with Crippen LogP contribution in [0, 0.1) is 0 Å². The van der Waals surface area contributed by atoms with Gasteiger partial charge >= 0.3 is 0 Å². The molecule has 0 spiro atoms. The van der Waals surface area contributed by atoms with E-state index in [4.69, 9.17) is 4.98 Å². The second-order valence-electron chi connectivity index (χ2n) is 5.29. The van der Waals surface area contributed by atoms with Crippen LogP contribution in [0.4, 0.5) is 0 Å². The number of imidazole rings is 1. The fourth-order valence-corrected chi connectivity index (χ4v) is 2.53. The molecular formula is C14H19N3. The maximum Gasteiger partial charge on any atom is 0.112 e. The van der Waals surface area contributed by atoms with Crippen LogP contribution in [-0.2, 0) is 7.05 Å². The highest BCUT2D eigenvalue weighted by Crippen LogP contribution is 2.26. The molecule has 0 aliphatic carbocycles. The summed E-state index contributed by atoms with van der Waals surface area (Å²) < 4.78 is 2.21. The van der Waals surface area contributed by atoms with Crippen molar-refractivity contribution in [2.45, 2.75) is 25.7 Å². The smallest absolute Gasteiger partial charge is 0.112 e. The molecule has 1 saturated heterocycles. The van der Waals surface area contributed by atoms with E-state index < -0.39 is 0 Å². The molecule has 2 heterocycles. The van der Waals surface area contributed by atoms with Crippen LogP contribution in [0.15, 0.2) is 18.2 Å². The lowest BCUT2D eigenvalue weighted by Gasteiger charge is -2.27. The molecule has 90 valence electrons. The van der Waals surface area contributed by atoms with Crippen LogP contribution in [0.3, 0.4) is 0 Å². The van der Waals surface area contributed by atoms with Crippen LogP contribution < -0.4 is 5.32 Å². The predicted octanol–water partition coefficient (Wildman–Crippen LogP) is 2.38. The number of hydrogen-bond acceptors (Lipinski definition) is 2. The van der Waals surface area contributed by atoms with Gasteiger partial charge < -0.3 is 9.88 Å². The number of fused-ring (bicyclic) bond motifs is 1. The Hall–Kier alpha value is -1.35. The van der Waals surface area contributed by atoms with Crippen LogP contribution in [0.5, 0.6) is 0 Å². The molecule has 3 rings (SSSR count). The highest BCUT2D eigenvalue weighted by Gasteiger charge is 2.20. The van der Waals surface area contributed by atoms with Gasteiger partial charge in [0.1, 0.15) is 5.82 Å². The zero-order valence-electron chi connectivity index (χ0n) is 10.7. The van der Waals surface area contributed by atoms with E-state index in [0.29, 0.717) is 11.8 Å². The summed E-state index contributed by atoms with van der Waals surface area (Å²) in [5.74, 6) is 2.33. The van der Waals surface area contributed by atoms with Crippen LogP contribution >= 0.6 is 0 Å². The number of hydrogen-bond donors (Lipinski definition) is 1. The van der Waals surface area contributed by atoms with Crippen molar-refractivity contribution in [1.29, 1.82) is 0 Å². The zero-order chi connectivity index (χ0) is 12.0. The first kappa shape index (κ1) is 10.8. The van der Waals surface area contributed by atoms with Crippen molar-refractivity contribution in [3.05, 3.63) is 29.6 Å². The molecule has 0 radical (unpaired) electrons. The summed E-state index contributed by atoms with van der Waals surface area (Å²) in [7, 11) is 2.11. The molecule has 2 aromatic rings. The van der Waals surface area contributed by atoms with Crippen molar-refractivity contribution in [3.8, 4) is 0 Å². The first-order chi connectivity index (χ1) is 8.16. The van der Waals surface area contributed by atoms with Gasteiger partial charge in [0.15, 0.2) is 0 Å². The second-order valence-corrected chi connectivity index (χ2v) is 5.29. The highest BCUT2D eigenvalue weighted by atomic mass is 15.1. The van der Waals surface area contributed by atoms with Crippen molar-refractivity contribution in [3.63, 3.8) is 0 Å². The van der Waals surface area contributed by atoms with E-state index in [-0.39, 0.29) is 0 Å². The van der Waals surface area contributed by atoms with Crippen LogP contribution in [0.25, 0.3) is 11.0 Å². The van der Waals surface area contributed by atoms with E-state index in [9.17, 15) is 0 Å². The number of rotatable bonds is 2. The Balaban J connectivity index is 2.10. The second kappa shape index (κ2) is 3.84. The molecule has 1 aliphatic heterocycles. The summed E-state index contributed by atoms with van der Waals surface area (Å²) in [4.78, 5) is 4.76. The fourth-order valence-electron chi connectivity index (χ4n) is 2.53. The quantitative estimate of drug-likeness (QED) is 0.857. The minimum Gasteiger partial charge on any atom is -0.331 e. The molecule has 1 aliphatic rings. The Labute approximate surface area is 102 Å². The maximum absolute atomic E-state index is 4.76. The molecule has 0 unspecified atom stereocenters. The Morgan fingerprint density at radius 1 is 1.35 bits per heavy atom. The van der Waals surface area contributed by atoms with E-state index >= 15 is 0 Å². The number of nitrogens with one attached hydrogen (secondary N) is 1. The first-order valence-electron chi connectivity index (χ1n) is 6.34. The minimum atomic E-state index is 0.473. The number of benzene rings is 1. The molecule has 1 aromatic carbocycles. The van der Waals surface area contributed by atoms with Gasteiger partial charge in [0, 0.05) is 32.0 Å². The summed E-state index contributed by atoms with van der Waals surface area (Å²) in [5, 5.41) is 3.32. The fraction of sp³-hybridized carbons (Fsp3) is 0.500. The van der Waals surface area contributed by atoms with Gasteiger partial charge in [-0.3, -0.25) is 0 Å². The summed E-state index contributed by atoms with van der Waals surface area (Å²) in [5.41, 5.74) is 3.80. The van der Waals surface area contributed by atoms with E-state index in [1.165, 1.54) is 16.9 Å². The Morgan fingerprint density at radius 3 is 2.71 bits per heavy atom. The van der Waals surface area contributed by atoms with Crippen molar-refractivity contribution in [1.82, 2.24) is 14.9 Å². The van der Waals surface area contributed by atoms with Gasteiger partial charge in [0.2, 0.25) is 0 Å². The number of aryl methyl sites for hydroxylation is 1. The van der Waals surface area contributed by atoms with Crippen molar-refractivity contribution in [2.24, 2.45) is 7.05 Å². The standard InChI is InChI=1S/C14H19N3/c1-9(2)14-16-12-6-10(11-7-15-8-11)4-5-13(12)17(14)3/h4-6,9,11,15H,7-8H2,1-3H3. The van der Waals surface area contributed by atoms with Crippen molar-refractivity contribution in [2.75, 3.05) is 13.1 Å². The van der Waals surface area contributed by atoms with Crippen molar-refractivity contribution < 1.29 is 0 Å². The lowest BCUT2D eigenvalue weighted by Crippen LogP contribution is -2.39. The van der Waals surface area contributed by atoms with Gasteiger partial charge in [-0.05, 0) is 17.7 Å². The molecule has 0 amide bonds. The molecule has 0 atom stereocenters. The lowest BCUT2D eigenvalue weighted by molar-refractivity contribution is 0.448. The molecule has 1 N–H and O–H groups in total. The van der Waals surface area contributed by atoms with Gasteiger partial charge in [-0.2, -0.15) is 0 Å². The third-order valence-corrected chi connectivity index (χ3v) is 3.71. The lowest BCUT2D eigenvalue weighted by atomic mass is 9.93. The van der Waals surface area contributed by atoms with E-state index in [2.05, 4.69) is 49.0 Å². The van der Waals surface area contributed by atoms with Gasteiger partial charge in [-0.1, -0.05) is 19.9 Å². The average Bonchev–Trinajstić information content (AvgIpc) is 2.53. The average molecular weight is 229 g/mol. The van der Waals surface area contributed by atoms with Gasteiger partial charge in [0.05, 0.1) is 11.0 Å². The molecule has 3 nitrogen and oxygen atoms in total. The summed E-state index contributed by atoms with van der Waals surface area (Å²) in [6.45, 7) is 6.60. The largest absolute Gasteiger partial charge is 0.331 e. The number of nitrogens with zero attached hydrogens (tertiary/aromatic N) is 2. The van der Waals surface area contributed by atoms with Gasteiger partial charge in [0.25, 0.3) is 0 Å². The number of aromatic nitrogens is 2. The molecule has 0 saturated carbocycles. The molecule has 1 fully saturated rings. The summed E-state index contributed by atoms with van der Waals surface area (Å²) in [6, 6.07) is 6.72. The van der Waals surface area contributed by atoms with Gasteiger partial charge in [-0.25, -0.2) is 4.98 Å². The topological polar surface area (TPSA) is 29.9 Å². The first-order valence-corrected chi connectivity index (χ1v) is 6.34. The minimum absolute atomic E-state index is 0.473. The molecule has 17 heavy (non-hydrogen) atoms. The zero-order valence-corrected chi connectivity index (χ0v) is 10.7. The van der Waals surface area contributed by atoms with Crippen molar-refractivity contribution >= 4 is 11.0 Å². The molecular weight excluding hydrogens is 210 g/mol. The Morgan fingerprint density at radius 2 is 2.12 bits per heavy atom. The predicted molar refractivity (Wildman–Crippen MR) is 70.4 cm³/mol. The normalized spacial score (nSPS) is 16.7. The highest BCUT2D eigenvalue weighted by molar-refractivity contribution is 5.77. The Bertz CT molecular complexity index is 550. The van der Waals surface area contributed by atoms with Crippen LogP contribution in [-0.4, -0.2) is 22.6 Å². The summed E-state index contributed by atoms with van der Waals surface area (Å²) in [6.07, 6.45) is 0. The SMILES string of the molecule is CC(C)c1nc2cc(C3CNC3)ccc2n1C. The van der Waals surface area contributed by atoms with E-state index in [1.807, 2.05) is 0 Å². The molecule has 0 bridgehead atoms. The van der Waals surface area contributed by atoms with Crippen LogP contribution in [0.2, 0.25) is 0 Å². The Kier molecular flexibility index (Phi) is 2.44. The maximum atomic E-state index is 4.76. The van der Waals surface area contributed by atoms with Crippen LogP contribution in [0.1, 0.15) is 37.1 Å². The van der Waals surface area contributed by atoms with E-state index in [1.54, 1.807) is 0 Å². The third kappa shape index (κ3) is 1.65. The summed E-state index contributed by atoms with van der Waals surface area (Å²) >= 11 is 0. The molecule has 3 heteroatoms. The third-order valence-electron chi connectivity index (χ3n) is 3.71. The molecule has 1 aromatic heterocycles.